The van der Waals surface area contributed by atoms with Gasteiger partial charge in [0.2, 0.25) is 0 Å². The fourth-order valence-electron chi connectivity index (χ4n) is 2.41. The summed E-state index contributed by atoms with van der Waals surface area (Å²) in [6.07, 6.45) is 0.121. The van der Waals surface area contributed by atoms with Gasteiger partial charge in [-0.05, 0) is 18.9 Å². The van der Waals surface area contributed by atoms with Gasteiger partial charge in [0.05, 0.1) is 6.10 Å². The fourth-order valence-corrected chi connectivity index (χ4v) is 2.41. The molecule has 2 N–H and O–H groups in total. The number of hydrogen-bond acceptors (Lipinski definition) is 5. The number of nitrogens with one attached hydrogen (secondary N) is 1. The number of rotatable bonds is 8. The van der Waals surface area contributed by atoms with E-state index in [1.165, 1.54) is 0 Å². The van der Waals surface area contributed by atoms with Crippen LogP contribution in [0.15, 0.2) is 40.9 Å². The summed E-state index contributed by atoms with van der Waals surface area (Å²) in [6, 6.07) is 11.4. The number of amides is 1. The van der Waals surface area contributed by atoms with Gasteiger partial charge in [-0.2, -0.15) is 0 Å². The zero-order valence-electron chi connectivity index (χ0n) is 13.4. The molecule has 6 nitrogen and oxygen atoms in total. The lowest BCUT2D eigenvalue weighted by molar-refractivity contribution is 0.0936. The Hall–Kier alpha value is -2.18. The monoisotopic (exact) mass is 318 g/mol. The van der Waals surface area contributed by atoms with Crippen LogP contribution in [0.25, 0.3) is 0 Å². The first-order valence-corrected chi connectivity index (χ1v) is 7.56. The lowest BCUT2D eigenvalue weighted by Gasteiger charge is -2.19. The SMILES string of the molecule is COCc1cc(C(=O)NCC(CC(C)O)c2ccccc2)no1. The predicted octanol–water partition coefficient (Wildman–Crippen LogP) is 2.11. The Morgan fingerprint density at radius 1 is 1.39 bits per heavy atom. The largest absolute Gasteiger partial charge is 0.393 e. The van der Waals surface area contributed by atoms with Crippen LogP contribution in [-0.2, 0) is 11.3 Å². The van der Waals surface area contributed by atoms with E-state index in [9.17, 15) is 9.90 Å². The van der Waals surface area contributed by atoms with Gasteiger partial charge in [-0.15, -0.1) is 0 Å². The summed E-state index contributed by atoms with van der Waals surface area (Å²) in [5, 5.41) is 16.2. The van der Waals surface area contributed by atoms with E-state index in [0.29, 0.717) is 18.7 Å². The van der Waals surface area contributed by atoms with Crippen molar-refractivity contribution in [3.63, 3.8) is 0 Å². The molecule has 124 valence electrons. The Morgan fingerprint density at radius 3 is 2.78 bits per heavy atom. The maximum Gasteiger partial charge on any atom is 0.273 e. The Morgan fingerprint density at radius 2 is 2.13 bits per heavy atom. The van der Waals surface area contributed by atoms with Gasteiger partial charge >= 0.3 is 0 Å². The van der Waals surface area contributed by atoms with Crippen molar-refractivity contribution in [2.75, 3.05) is 13.7 Å². The number of carbonyl (C=O) groups is 1. The van der Waals surface area contributed by atoms with Gasteiger partial charge in [-0.3, -0.25) is 4.79 Å². The molecule has 2 atom stereocenters. The Kier molecular flexibility index (Phi) is 6.31. The summed E-state index contributed by atoms with van der Waals surface area (Å²) < 4.78 is 9.93. The van der Waals surface area contributed by atoms with Crippen LogP contribution in [0.1, 0.15) is 41.1 Å². The highest BCUT2D eigenvalue weighted by Gasteiger charge is 2.17. The molecule has 0 saturated carbocycles. The van der Waals surface area contributed by atoms with Crippen molar-refractivity contribution in [1.82, 2.24) is 10.5 Å². The molecular formula is C17H22N2O4. The third-order valence-electron chi connectivity index (χ3n) is 3.48. The number of ether oxygens (including phenoxy) is 1. The number of benzene rings is 1. The van der Waals surface area contributed by atoms with Crippen LogP contribution < -0.4 is 5.32 Å². The molecule has 0 radical (unpaired) electrons. The average molecular weight is 318 g/mol. The van der Waals surface area contributed by atoms with E-state index in [2.05, 4.69) is 10.5 Å². The average Bonchev–Trinajstić information content (AvgIpc) is 3.01. The lowest BCUT2D eigenvalue weighted by Crippen LogP contribution is -2.30. The highest BCUT2D eigenvalue weighted by Crippen LogP contribution is 2.20. The minimum atomic E-state index is -0.447. The molecule has 0 saturated heterocycles. The summed E-state index contributed by atoms with van der Waals surface area (Å²) in [7, 11) is 1.54. The van der Waals surface area contributed by atoms with Gasteiger partial charge < -0.3 is 19.7 Å². The molecule has 23 heavy (non-hydrogen) atoms. The molecule has 1 aromatic heterocycles. The molecule has 0 fully saturated rings. The highest BCUT2D eigenvalue weighted by atomic mass is 16.5. The van der Waals surface area contributed by atoms with Gasteiger partial charge in [0.1, 0.15) is 6.61 Å². The van der Waals surface area contributed by atoms with E-state index in [1.54, 1.807) is 20.1 Å². The van der Waals surface area contributed by atoms with Gasteiger partial charge in [-0.1, -0.05) is 35.5 Å². The molecular weight excluding hydrogens is 296 g/mol. The van der Waals surface area contributed by atoms with E-state index in [1.807, 2.05) is 30.3 Å². The Labute approximate surface area is 135 Å². The van der Waals surface area contributed by atoms with Gasteiger partial charge in [-0.25, -0.2) is 0 Å². The minimum absolute atomic E-state index is 0.0329. The van der Waals surface area contributed by atoms with Crippen LogP contribution in [0.3, 0.4) is 0 Å². The number of aromatic nitrogens is 1. The minimum Gasteiger partial charge on any atom is -0.393 e. The standard InChI is InChI=1S/C17H22N2O4/c1-12(20)8-14(13-6-4-3-5-7-13)10-18-17(21)16-9-15(11-22-2)23-19-16/h3-7,9,12,14,20H,8,10-11H2,1-2H3,(H,18,21). The van der Waals surface area contributed by atoms with E-state index in [0.717, 1.165) is 5.56 Å². The number of carbonyl (C=O) groups excluding carboxylic acids is 1. The maximum absolute atomic E-state index is 12.1. The van der Waals surface area contributed by atoms with Crippen LogP contribution in [0.2, 0.25) is 0 Å². The first-order valence-electron chi connectivity index (χ1n) is 7.56. The highest BCUT2D eigenvalue weighted by molar-refractivity contribution is 5.92. The van der Waals surface area contributed by atoms with Crippen molar-refractivity contribution in [2.24, 2.45) is 0 Å². The van der Waals surface area contributed by atoms with Gasteiger partial charge in [0.25, 0.3) is 5.91 Å². The summed E-state index contributed by atoms with van der Waals surface area (Å²) in [5.74, 6) is 0.231. The Balaban J connectivity index is 1.98. The molecule has 0 aliphatic carbocycles. The summed E-state index contributed by atoms with van der Waals surface area (Å²) in [5.41, 5.74) is 1.30. The molecule has 2 aromatic rings. The van der Waals surface area contributed by atoms with Crippen molar-refractivity contribution >= 4 is 5.91 Å². The van der Waals surface area contributed by atoms with E-state index in [-0.39, 0.29) is 24.1 Å². The van der Waals surface area contributed by atoms with Crippen LogP contribution in [0.4, 0.5) is 0 Å². The number of aliphatic hydroxyl groups is 1. The van der Waals surface area contributed by atoms with Crippen molar-refractivity contribution in [2.45, 2.75) is 32.0 Å². The summed E-state index contributed by atoms with van der Waals surface area (Å²) >= 11 is 0. The number of nitrogens with zero attached hydrogens (tertiary/aromatic N) is 1. The third kappa shape index (κ3) is 5.19. The van der Waals surface area contributed by atoms with E-state index >= 15 is 0 Å². The molecule has 2 rings (SSSR count). The number of aliphatic hydroxyl groups excluding tert-OH is 1. The van der Waals surface area contributed by atoms with Crippen LogP contribution >= 0.6 is 0 Å². The number of methoxy groups -OCH3 is 1. The zero-order valence-corrected chi connectivity index (χ0v) is 13.4. The molecule has 0 aliphatic heterocycles. The van der Waals surface area contributed by atoms with Crippen molar-refractivity contribution in [3.8, 4) is 0 Å². The first kappa shape index (κ1) is 17.2. The third-order valence-corrected chi connectivity index (χ3v) is 3.48. The first-order chi connectivity index (χ1) is 11.1. The van der Waals surface area contributed by atoms with Gasteiger partial charge in [0.15, 0.2) is 11.5 Å². The molecule has 2 unspecified atom stereocenters. The van der Waals surface area contributed by atoms with Crippen LogP contribution in [0.5, 0.6) is 0 Å². The van der Waals surface area contributed by atoms with Gasteiger partial charge in [0, 0.05) is 25.6 Å². The maximum atomic E-state index is 12.1. The molecule has 0 spiro atoms. The zero-order chi connectivity index (χ0) is 16.7. The molecule has 6 heteroatoms. The lowest BCUT2D eigenvalue weighted by atomic mass is 9.93. The molecule has 1 amide bonds. The van der Waals surface area contributed by atoms with E-state index < -0.39 is 6.10 Å². The second-order valence-electron chi connectivity index (χ2n) is 5.51. The van der Waals surface area contributed by atoms with Crippen molar-refractivity contribution < 1.29 is 19.2 Å². The number of hydrogen-bond donors (Lipinski definition) is 2. The smallest absolute Gasteiger partial charge is 0.273 e. The quantitative estimate of drug-likeness (QED) is 0.778. The molecule has 0 aliphatic rings. The molecule has 1 aromatic carbocycles. The molecule has 0 bridgehead atoms. The normalized spacial score (nSPS) is 13.5. The van der Waals surface area contributed by atoms with Crippen molar-refractivity contribution in [3.05, 3.63) is 53.4 Å². The topological polar surface area (TPSA) is 84.6 Å². The van der Waals surface area contributed by atoms with Crippen molar-refractivity contribution in [1.29, 1.82) is 0 Å². The summed E-state index contributed by atoms with van der Waals surface area (Å²) in [4.78, 5) is 12.1. The fraction of sp³-hybridized carbons (Fsp3) is 0.412. The van der Waals surface area contributed by atoms with E-state index in [4.69, 9.17) is 9.26 Å². The predicted molar refractivity (Wildman–Crippen MR) is 85.0 cm³/mol. The Bertz CT molecular complexity index is 610. The molecule has 1 heterocycles. The second kappa shape index (κ2) is 8.45. The van der Waals surface area contributed by atoms with Crippen LogP contribution in [-0.4, -0.2) is 35.9 Å². The second-order valence-corrected chi connectivity index (χ2v) is 5.51. The van der Waals surface area contributed by atoms with Crippen LogP contribution in [0, 0.1) is 0 Å². The summed E-state index contributed by atoms with van der Waals surface area (Å²) in [6.45, 7) is 2.43.